The summed E-state index contributed by atoms with van der Waals surface area (Å²) >= 11 is 0. The number of urea groups is 1. The van der Waals surface area contributed by atoms with Gasteiger partial charge in [-0.05, 0) is 38.1 Å². The fraction of sp³-hybridized carbons (Fsp3) is 0.500. The van der Waals surface area contributed by atoms with Gasteiger partial charge in [-0.2, -0.15) is 0 Å². The maximum Gasteiger partial charge on any atom is 0.319 e. The summed E-state index contributed by atoms with van der Waals surface area (Å²) in [6, 6.07) is 6.85. The van der Waals surface area contributed by atoms with E-state index in [2.05, 4.69) is 15.5 Å². The lowest BCUT2D eigenvalue weighted by molar-refractivity contribution is -0.148. The van der Waals surface area contributed by atoms with Gasteiger partial charge in [0.25, 0.3) is 5.91 Å². The standard InChI is InChI=1S/C24H32N6O5/c1-24(2,34)22(32)30-9-7-19-18(15-30)21(29-10-13-35-14-11-29)28-20(27-19)16-3-5-17(6-4-16)26-23(33)25-8-12-31/h3-6,31,34H,7-15H2,1-2H3,(H2,25,26,33). The Balaban J connectivity index is 1.62. The molecule has 0 saturated carbocycles. The number of ether oxygens (including phenoxy) is 1. The van der Waals surface area contributed by atoms with Gasteiger partial charge in [0.05, 0.1) is 32.1 Å². The van der Waals surface area contributed by atoms with Crippen LogP contribution in [-0.4, -0.2) is 88.6 Å². The van der Waals surface area contributed by atoms with Crippen LogP contribution in [0.5, 0.6) is 0 Å². The average molecular weight is 485 g/mol. The first-order valence-corrected chi connectivity index (χ1v) is 11.8. The highest BCUT2D eigenvalue weighted by Gasteiger charge is 2.34. The van der Waals surface area contributed by atoms with Crippen molar-refractivity contribution in [3.8, 4) is 11.4 Å². The van der Waals surface area contributed by atoms with E-state index < -0.39 is 11.6 Å². The second-order valence-electron chi connectivity index (χ2n) is 9.11. The SMILES string of the molecule is CC(C)(O)C(=O)N1CCc2nc(-c3ccc(NC(=O)NCCO)cc3)nc(N3CCOCC3)c2C1. The lowest BCUT2D eigenvalue weighted by atomic mass is 10.0. The molecule has 188 valence electrons. The Kier molecular flexibility index (Phi) is 7.48. The third-order valence-electron chi connectivity index (χ3n) is 5.96. The van der Waals surface area contributed by atoms with Gasteiger partial charge in [-0.3, -0.25) is 4.79 Å². The van der Waals surface area contributed by atoms with Crippen molar-refractivity contribution in [3.63, 3.8) is 0 Å². The van der Waals surface area contributed by atoms with Crippen LogP contribution in [0.15, 0.2) is 24.3 Å². The molecule has 4 N–H and O–H groups in total. The number of rotatable bonds is 6. The monoisotopic (exact) mass is 484 g/mol. The summed E-state index contributed by atoms with van der Waals surface area (Å²) in [6.45, 7) is 6.44. The molecule has 2 aliphatic heterocycles. The fourth-order valence-corrected chi connectivity index (χ4v) is 4.17. The Morgan fingerprint density at radius 3 is 2.49 bits per heavy atom. The van der Waals surface area contributed by atoms with Gasteiger partial charge in [0.15, 0.2) is 5.82 Å². The fourth-order valence-electron chi connectivity index (χ4n) is 4.17. The van der Waals surface area contributed by atoms with Gasteiger partial charge in [0.2, 0.25) is 0 Å². The van der Waals surface area contributed by atoms with Crippen molar-refractivity contribution in [1.82, 2.24) is 20.2 Å². The third kappa shape index (κ3) is 5.87. The van der Waals surface area contributed by atoms with E-state index in [1.807, 2.05) is 12.1 Å². The Hall–Kier alpha value is -3.28. The predicted molar refractivity (Wildman–Crippen MR) is 130 cm³/mol. The second-order valence-corrected chi connectivity index (χ2v) is 9.11. The molecule has 35 heavy (non-hydrogen) atoms. The van der Waals surface area contributed by atoms with Crippen LogP contribution in [0.4, 0.5) is 16.3 Å². The van der Waals surface area contributed by atoms with Crippen LogP contribution in [-0.2, 0) is 22.5 Å². The van der Waals surface area contributed by atoms with E-state index >= 15 is 0 Å². The number of fused-ring (bicyclic) bond motifs is 1. The topological polar surface area (TPSA) is 140 Å². The van der Waals surface area contributed by atoms with Crippen molar-refractivity contribution < 1.29 is 24.5 Å². The summed E-state index contributed by atoms with van der Waals surface area (Å²) in [4.78, 5) is 38.1. The van der Waals surface area contributed by atoms with E-state index in [1.165, 1.54) is 13.8 Å². The maximum absolute atomic E-state index is 12.7. The Morgan fingerprint density at radius 2 is 1.83 bits per heavy atom. The van der Waals surface area contributed by atoms with Crippen molar-refractivity contribution in [2.45, 2.75) is 32.4 Å². The summed E-state index contributed by atoms with van der Waals surface area (Å²) < 4.78 is 5.52. The van der Waals surface area contributed by atoms with Crippen LogP contribution in [0.1, 0.15) is 25.1 Å². The summed E-state index contributed by atoms with van der Waals surface area (Å²) in [6.07, 6.45) is 0.564. The number of anilines is 2. The van der Waals surface area contributed by atoms with E-state index in [0.29, 0.717) is 57.3 Å². The van der Waals surface area contributed by atoms with E-state index in [4.69, 9.17) is 19.8 Å². The molecule has 2 aliphatic rings. The largest absolute Gasteiger partial charge is 0.395 e. The molecule has 1 fully saturated rings. The molecule has 1 aromatic carbocycles. The molecule has 0 unspecified atom stereocenters. The molecule has 2 aromatic rings. The maximum atomic E-state index is 12.7. The van der Waals surface area contributed by atoms with E-state index in [0.717, 1.165) is 22.6 Å². The van der Waals surface area contributed by atoms with Crippen LogP contribution in [0.2, 0.25) is 0 Å². The summed E-state index contributed by atoms with van der Waals surface area (Å²) in [5.74, 6) is 1.04. The highest BCUT2D eigenvalue weighted by molar-refractivity contribution is 5.89. The number of aliphatic hydroxyl groups is 2. The average Bonchev–Trinajstić information content (AvgIpc) is 2.86. The molecular formula is C24H32N6O5. The van der Waals surface area contributed by atoms with Gasteiger partial charge in [-0.25, -0.2) is 14.8 Å². The summed E-state index contributed by atoms with van der Waals surface area (Å²) in [7, 11) is 0. The number of carbonyl (C=O) groups is 2. The molecule has 4 rings (SSSR count). The minimum Gasteiger partial charge on any atom is -0.395 e. The number of nitrogens with one attached hydrogen (secondary N) is 2. The van der Waals surface area contributed by atoms with Gasteiger partial charge in [0, 0.05) is 49.4 Å². The molecule has 0 atom stereocenters. The zero-order chi connectivity index (χ0) is 25.0. The second kappa shape index (κ2) is 10.5. The van der Waals surface area contributed by atoms with Crippen molar-refractivity contribution >= 4 is 23.4 Å². The smallest absolute Gasteiger partial charge is 0.319 e. The first-order valence-electron chi connectivity index (χ1n) is 11.8. The number of aliphatic hydroxyl groups excluding tert-OH is 1. The Bertz CT molecular complexity index is 1060. The third-order valence-corrected chi connectivity index (χ3v) is 5.96. The lowest BCUT2D eigenvalue weighted by Crippen LogP contribution is -2.48. The predicted octanol–water partition coefficient (Wildman–Crippen LogP) is 0.750. The number of hydrogen-bond donors (Lipinski definition) is 4. The van der Waals surface area contributed by atoms with Crippen molar-refractivity contribution in [3.05, 3.63) is 35.5 Å². The zero-order valence-corrected chi connectivity index (χ0v) is 20.1. The van der Waals surface area contributed by atoms with E-state index in [1.54, 1.807) is 17.0 Å². The summed E-state index contributed by atoms with van der Waals surface area (Å²) in [5.41, 5.74) is 1.76. The van der Waals surface area contributed by atoms with E-state index in [-0.39, 0.29) is 19.1 Å². The molecular weight excluding hydrogens is 452 g/mol. The molecule has 11 heteroatoms. The van der Waals surface area contributed by atoms with Gasteiger partial charge in [-0.1, -0.05) is 0 Å². The van der Waals surface area contributed by atoms with Crippen LogP contribution in [0, 0.1) is 0 Å². The van der Waals surface area contributed by atoms with Gasteiger partial charge < -0.3 is 35.4 Å². The van der Waals surface area contributed by atoms with Crippen LogP contribution in [0.25, 0.3) is 11.4 Å². The number of carbonyl (C=O) groups excluding carboxylic acids is 2. The Labute approximate surface area is 204 Å². The lowest BCUT2D eigenvalue weighted by Gasteiger charge is -2.36. The van der Waals surface area contributed by atoms with Crippen LogP contribution >= 0.6 is 0 Å². The molecule has 0 bridgehead atoms. The summed E-state index contributed by atoms with van der Waals surface area (Å²) in [5, 5.41) is 24.3. The van der Waals surface area contributed by atoms with Crippen molar-refractivity contribution in [1.29, 1.82) is 0 Å². The highest BCUT2D eigenvalue weighted by atomic mass is 16.5. The molecule has 11 nitrogen and oxygen atoms in total. The minimum atomic E-state index is -1.44. The highest BCUT2D eigenvalue weighted by Crippen LogP contribution is 2.31. The minimum absolute atomic E-state index is 0.128. The molecule has 3 amide bonds. The number of hydrogen-bond acceptors (Lipinski definition) is 8. The molecule has 0 radical (unpaired) electrons. The molecule has 0 aliphatic carbocycles. The van der Waals surface area contributed by atoms with Gasteiger partial charge >= 0.3 is 6.03 Å². The quantitative estimate of drug-likeness (QED) is 0.471. The Morgan fingerprint density at radius 1 is 1.11 bits per heavy atom. The van der Waals surface area contributed by atoms with Gasteiger partial charge in [-0.15, -0.1) is 0 Å². The normalized spacial score (nSPS) is 16.0. The van der Waals surface area contributed by atoms with Gasteiger partial charge in [0.1, 0.15) is 11.4 Å². The number of morpholine rings is 1. The molecule has 1 saturated heterocycles. The van der Waals surface area contributed by atoms with Crippen molar-refractivity contribution in [2.75, 3.05) is 56.2 Å². The van der Waals surface area contributed by atoms with Crippen LogP contribution < -0.4 is 15.5 Å². The molecule has 3 heterocycles. The number of nitrogens with zero attached hydrogens (tertiary/aromatic N) is 4. The molecule has 0 spiro atoms. The molecule has 1 aromatic heterocycles. The van der Waals surface area contributed by atoms with E-state index in [9.17, 15) is 14.7 Å². The number of aromatic nitrogens is 2. The number of benzene rings is 1. The first kappa shape index (κ1) is 24.8. The van der Waals surface area contributed by atoms with Crippen molar-refractivity contribution in [2.24, 2.45) is 0 Å². The first-order chi connectivity index (χ1) is 16.8. The number of amides is 3. The zero-order valence-electron chi connectivity index (χ0n) is 20.1. The van der Waals surface area contributed by atoms with Crippen LogP contribution in [0.3, 0.4) is 0 Å².